The number of nitrogens with zero attached hydrogens (tertiary/aromatic N) is 1. The minimum atomic E-state index is -0.838. The molecule has 130 valence electrons. The number of carbonyl (C=O) groups is 2. The first-order valence-corrected chi connectivity index (χ1v) is 7.92. The molecule has 1 aliphatic rings. The fraction of sp³-hybridized carbons (Fsp3) is 0.222. The van der Waals surface area contributed by atoms with E-state index in [9.17, 15) is 18.4 Å². The molecule has 1 saturated heterocycles. The molecule has 5 nitrogen and oxygen atoms in total. The van der Waals surface area contributed by atoms with Gasteiger partial charge in [0.05, 0.1) is 5.69 Å². The van der Waals surface area contributed by atoms with Gasteiger partial charge in [-0.15, -0.1) is 0 Å². The first-order valence-electron chi connectivity index (χ1n) is 7.92. The van der Waals surface area contributed by atoms with Crippen LogP contribution in [0.4, 0.5) is 25.0 Å². The number of hydrogen-bond donors (Lipinski definition) is 2. The van der Waals surface area contributed by atoms with Crippen molar-refractivity contribution in [3.63, 3.8) is 0 Å². The Kier molecular flexibility index (Phi) is 4.92. The minimum absolute atomic E-state index is 0.0956. The van der Waals surface area contributed by atoms with E-state index >= 15 is 0 Å². The smallest absolute Gasteiger partial charge is 0.319 e. The summed E-state index contributed by atoms with van der Waals surface area (Å²) in [5, 5.41) is 4.92. The summed E-state index contributed by atoms with van der Waals surface area (Å²) < 4.78 is 26.3. The van der Waals surface area contributed by atoms with Crippen LogP contribution in [0.5, 0.6) is 0 Å². The summed E-state index contributed by atoms with van der Waals surface area (Å²) in [6.45, 7) is 0.963. The molecular formula is C18H17F2N3O2. The first kappa shape index (κ1) is 16.9. The van der Waals surface area contributed by atoms with Crippen molar-refractivity contribution in [1.29, 1.82) is 0 Å². The van der Waals surface area contributed by atoms with Gasteiger partial charge < -0.3 is 15.5 Å². The maximum absolute atomic E-state index is 13.5. The molecule has 1 fully saturated rings. The zero-order valence-electron chi connectivity index (χ0n) is 13.4. The van der Waals surface area contributed by atoms with Gasteiger partial charge in [-0.1, -0.05) is 12.1 Å². The largest absolute Gasteiger partial charge is 0.334 e. The second-order valence-electron chi connectivity index (χ2n) is 5.75. The number of amides is 3. The van der Waals surface area contributed by atoms with Crippen LogP contribution in [0.3, 0.4) is 0 Å². The lowest BCUT2D eigenvalue weighted by Crippen LogP contribution is -2.28. The second kappa shape index (κ2) is 7.29. The number of halogens is 2. The maximum Gasteiger partial charge on any atom is 0.319 e. The summed E-state index contributed by atoms with van der Waals surface area (Å²) in [6.07, 6.45) is 1.44. The van der Waals surface area contributed by atoms with Crippen LogP contribution < -0.4 is 15.5 Å². The van der Waals surface area contributed by atoms with Crippen molar-refractivity contribution in [2.45, 2.75) is 19.4 Å². The van der Waals surface area contributed by atoms with Gasteiger partial charge in [0.15, 0.2) is 0 Å². The van der Waals surface area contributed by atoms with E-state index < -0.39 is 17.7 Å². The molecule has 1 aliphatic heterocycles. The summed E-state index contributed by atoms with van der Waals surface area (Å²) in [6, 6.07) is 9.64. The van der Waals surface area contributed by atoms with Crippen LogP contribution in [-0.4, -0.2) is 18.5 Å². The molecule has 7 heteroatoms. The molecule has 0 spiro atoms. The number of hydrogen-bond acceptors (Lipinski definition) is 2. The van der Waals surface area contributed by atoms with E-state index in [1.807, 2.05) is 24.3 Å². The van der Waals surface area contributed by atoms with Gasteiger partial charge in [-0.2, -0.15) is 0 Å². The van der Waals surface area contributed by atoms with E-state index in [0.717, 1.165) is 36.3 Å². The highest BCUT2D eigenvalue weighted by molar-refractivity contribution is 5.95. The van der Waals surface area contributed by atoms with Crippen LogP contribution >= 0.6 is 0 Å². The number of anilines is 2. The molecule has 25 heavy (non-hydrogen) atoms. The van der Waals surface area contributed by atoms with Gasteiger partial charge in [0.25, 0.3) is 0 Å². The predicted molar refractivity (Wildman–Crippen MR) is 90.2 cm³/mol. The topological polar surface area (TPSA) is 61.4 Å². The summed E-state index contributed by atoms with van der Waals surface area (Å²) in [5.41, 5.74) is 1.58. The molecular weight excluding hydrogens is 328 g/mol. The van der Waals surface area contributed by atoms with E-state index in [4.69, 9.17) is 0 Å². The van der Waals surface area contributed by atoms with Crippen LogP contribution in [0.15, 0.2) is 42.5 Å². The number of nitrogens with one attached hydrogen (secondary N) is 2. The van der Waals surface area contributed by atoms with Gasteiger partial charge in [-0.05, 0) is 36.2 Å². The fourth-order valence-corrected chi connectivity index (χ4v) is 2.65. The molecule has 0 aliphatic carbocycles. The zero-order valence-corrected chi connectivity index (χ0v) is 13.4. The molecule has 0 atom stereocenters. The fourth-order valence-electron chi connectivity index (χ4n) is 2.65. The Labute approximate surface area is 143 Å². The molecule has 3 amide bonds. The SMILES string of the molecule is O=C(NCc1ccc(N2CCCC2=O)cc1)Nc1ccc(F)cc1F. The molecule has 0 unspecified atom stereocenters. The Balaban J connectivity index is 1.54. The second-order valence-corrected chi connectivity index (χ2v) is 5.75. The molecule has 3 rings (SSSR count). The highest BCUT2D eigenvalue weighted by atomic mass is 19.1. The van der Waals surface area contributed by atoms with Crippen LogP contribution in [0.1, 0.15) is 18.4 Å². The van der Waals surface area contributed by atoms with Crippen LogP contribution in [-0.2, 0) is 11.3 Å². The number of benzene rings is 2. The molecule has 0 radical (unpaired) electrons. The van der Waals surface area contributed by atoms with Gasteiger partial charge in [0.1, 0.15) is 11.6 Å². The number of carbonyl (C=O) groups excluding carboxylic acids is 2. The Morgan fingerprint density at radius 3 is 2.52 bits per heavy atom. The van der Waals surface area contributed by atoms with E-state index in [0.29, 0.717) is 12.5 Å². The van der Waals surface area contributed by atoms with Gasteiger partial charge in [-0.25, -0.2) is 13.6 Å². The average Bonchev–Trinajstić information content (AvgIpc) is 3.02. The summed E-state index contributed by atoms with van der Waals surface area (Å²) in [4.78, 5) is 25.2. The lowest BCUT2D eigenvalue weighted by Gasteiger charge is -2.16. The Morgan fingerprint density at radius 1 is 1.12 bits per heavy atom. The minimum Gasteiger partial charge on any atom is -0.334 e. The van der Waals surface area contributed by atoms with E-state index in [-0.39, 0.29) is 18.1 Å². The normalized spacial score (nSPS) is 13.8. The molecule has 2 aromatic rings. The molecule has 1 heterocycles. The van der Waals surface area contributed by atoms with Crippen molar-refractivity contribution in [3.05, 3.63) is 59.7 Å². The van der Waals surface area contributed by atoms with Crippen molar-refractivity contribution in [2.24, 2.45) is 0 Å². The monoisotopic (exact) mass is 345 g/mol. The third-order valence-corrected chi connectivity index (χ3v) is 3.95. The van der Waals surface area contributed by atoms with Crippen LogP contribution in [0, 0.1) is 11.6 Å². The third kappa shape index (κ3) is 4.12. The summed E-state index contributed by atoms with van der Waals surface area (Å²) in [5.74, 6) is -1.43. The highest BCUT2D eigenvalue weighted by Crippen LogP contribution is 2.21. The van der Waals surface area contributed by atoms with Gasteiger partial charge >= 0.3 is 6.03 Å². The highest BCUT2D eigenvalue weighted by Gasteiger charge is 2.21. The Hall–Kier alpha value is -2.96. The van der Waals surface area contributed by atoms with E-state index in [1.165, 1.54) is 0 Å². The predicted octanol–water partition coefficient (Wildman–Crippen LogP) is 3.41. The molecule has 2 N–H and O–H groups in total. The lowest BCUT2D eigenvalue weighted by molar-refractivity contribution is -0.117. The van der Waals surface area contributed by atoms with Gasteiger partial charge in [-0.3, -0.25) is 4.79 Å². The van der Waals surface area contributed by atoms with E-state index in [2.05, 4.69) is 10.6 Å². The van der Waals surface area contributed by atoms with Crippen LogP contribution in [0.25, 0.3) is 0 Å². The summed E-state index contributed by atoms with van der Waals surface area (Å²) in [7, 11) is 0. The van der Waals surface area contributed by atoms with Crippen molar-refractivity contribution >= 4 is 23.3 Å². The molecule has 0 aromatic heterocycles. The van der Waals surface area contributed by atoms with E-state index in [1.54, 1.807) is 4.90 Å². The molecule has 0 bridgehead atoms. The quantitative estimate of drug-likeness (QED) is 0.892. The average molecular weight is 345 g/mol. The van der Waals surface area contributed by atoms with Crippen molar-refractivity contribution in [3.8, 4) is 0 Å². The Bertz CT molecular complexity index is 793. The van der Waals surface area contributed by atoms with Gasteiger partial charge in [0.2, 0.25) is 5.91 Å². The lowest BCUT2D eigenvalue weighted by atomic mass is 10.2. The maximum atomic E-state index is 13.5. The van der Waals surface area contributed by atoms with Gasteiger partial charge in [0, 0.05) is 31.3 Å². The molecule has 0 saturated carbocycles. The van der Waals surface area contributed by atoms with Crippen molar-refractivity contribution in [2.75, 3.05) is 16.8 Å². The van der Waals surface area contributed by atoms with Crippen molar-refractivity contribution < 1.29 is 18.4 Å². The number of rotatable bonds is 4. The third-order valence-electron chi connectivity index (χ3n) is 3.95. The van der Waals surface area contributed by atoms with Crippen LogP contribution in [0.2, 0.25) is 0 Å². The number of urea groups is 1. The Morgan fingerprint density at radius 2 is 1.88 bits per heavy atom. The standard InChI is InChI=1S/C18H17F2N3O2/c19-13-5-8-16(15(20)10-13)22-18(25)21-11-12-3-6-14(7-4-12)23-9-1-2-17(23)24/h3-8,10H,1-2,9,11H2,(H2,21,22,25). The molecule has 2 aromatic carbocycles. The summed E-state index contributed by atoms with van der Waals surface area (Å²) >= 11 is 0. The van der Waals surface area contributed by atoms with Crippen molar-refractivity contribution in [1.82, 2.24) is 5.32 Å². The zero-order chi connectivity index (χ0) is 17.8. The first-order chi connectivity index (χ1) is 12.0.